The lowest BCUT2D eigenvalue weighted by molar-refractivity contribution is -0.137. The third-order valence-corrected chi connectivity index (χ3v) is 3.53. The Kier molecular flexibility index (Phi) is 4.08. The van der Waals surface area contributed by atoms with Crippen molar-refractivity contribution in [2.45, 2.75) is 12.3 Å². The van der Waals surface area contributed by atoms with Gasteiger partial charge in [-0.3, -0.25) is 4.79 Å². The molecule has 0 unspecified atom stereocenters. The van der Waals surface area contributed by atoms with Crippen LogP contribution in [-0.4, -0.2) is 35.7 Å². The van der Waals surface area contributed by atoms with Crippen LogP contribution in [0.25, 0.3) is 0 Å². The number of benzene rings is 1. The first-order valence-corrected chi connectivity index (χ1v) is 6.93. The highest BCUT2D eigenvalue weighted by Gasteiger charge is 2.34. The summed E-state index contributed by atoms with van der Waals surface area (Å²) >= 11 is 0. The minimum atomic E-state index is -4.65. The molecule has 0 radical (unpaired) electrons. The van der Waals surface area contributed by atoms with Crippen LogP contribution in [0.2, 0.25) is 0 Å². The molecule has 3 rings (SSSR count). The van der Waals surface area contributed by atoms with Crippen LogP contribution in [0.3, 0.4) is 0 Å². The summed E-state index contributed by atoms with van der Waals surface area (Å²) in [7, 11) is 0. The topological polar surface area (TPSA) is 55.3 Å². The molecule has 1 aromatic carbocycles. The molecule has 1 aliphatic heterocycles. The molecule has 9 heteroatoms. The Bertz CT molecular complexity index is 761. The summed E-state index contributed by atoms with van der Waals surface area (Å²) in [4.78, 5) is 12.7. The Labute approximate surface area is 133 Å². The van der Waals surface area contributed by atoms with E-state index >= 15 is 0 Å². The quantitative estimate of drug-likeness (QED) is 0.632. The van der Waals surface area contributed by atoms with E-state index in [9.17, 15) is 22.4 Å². The molecule has 1 aromatic heterocycles. The monoisotopic (exact) mass is 341 g/mol. The number of rotatable bonds is 4. The number of carbonyl (C=O) groups is 1. The Morgan fingerprint density at radius 1 is 1.25 bits per heavy atom. The van der Waals surface area contributed by atoms with Gasteiger partial charge in [-0.25, -0.2) is 4.39 Å². The summed E-state index contributed by atoms with van der Waals surface area (Å²) in [5, 5.41) is 7.28. The Morgan fingerprint density at radius 2 is 2.00 bits per heavy atom. The lowest BCUT2D eigenvalue weighted by Crippen LogP contribution is -2.54. The van der Waals surface area contributed by atoms with Crippen LogP contribution in [0, 0.1) is 5.82 Å². The average molecular weight is 341 g/mol. The van der Waals surface area contributed by atoms with Crippen molar-refractivity contribution in [3.05, 3.63) is 47.5 Å². The Hall–Kier alpha value is -2.71. The van der Waals surface area contributed by atoms with Gasteiger partial charge in [0, 0.05) is 6.07 Å². The standard InChI is InChI=1S/C15H11F4N3O2/c16-10-3-9(15(17,18)19)4-11(5-10)24-12-6-22(7-12)14-1-2-20-21-13(14)8-23/h1-5,8,12H,6-7H2. The summed E-state index contributed by atoms with van der Waals surface area (Å²) in [5.41, 5.74) is -0.369. The lowest BCUT2D eigenvalue weighted by atomic mass is 10.1. The molecule has 0 saturated carbocycles. The molecule has 126 valence electrons. The highest BCUT2D eigenvalue weighted by atomic mass is 19.4. The third kappa shape index (κ3) is 3.29. The Morgan fingerprint density at radius 3 is 2.67 bits per heavy atom. The van der Waals surface area contributed by atoms with E-state index in [0.717, 1.165) is 12.1 Å². The zero-order chi connectivity index (χ0) is 17.3. The number of carbonyl (C=O) groups excluding carboxylic acids is 1. The van der Waals surface area contributed by atoms with Gasteiger partial charge in [0.05, 0.1) is 30.5 Å². The predicted molar refractivity (Wildman–Crippen MR) is 75.5 cm³/mol. The zero-order valence-electron chi connectivity index (χ0n) is 12.1. The molecule has 0 bridgehead atoms. The molecule has 2 aromatic rings. The van der Waals surface area contributed by atoms with Crippen molar-refractivity contribution in [2.75, 3.05) is 18.0 Å². The number of hydrogen-bond acceptors (Lipinski definition) is 5. The van der Waals surface area contributed by atoms with E-state index in [2.05, 4.69) is 10.2 Å². The number of alkyl halides is 3. The van der Waals surface area contributed by atoms with Gasteiger partial charge in [-0.05, 0) is 18.2 Å². The van der Waals surface area contributed by atoms with E-state index in [0.29, 0.717) is 31.1 Å². The molecule has 0 atom stereocenters. The molecule has 5 nitrogen and oxygen atoms in total. The summed E-state index contributed by atoms with van der Waals surface area (Å²) < 4.78 is 56.7. The third-order valence-electron chi connectivity index (χ3n) is 3.53. The molecular formula is C15H11F4N3O2. The molecule has 1 aliphatic rings. The van der Waals surface area contributed by atoms with Crippen LogP contribution >= 0.6 is 0 Å². The normalized spacial score (nSPS) is 15.1. The van der Waals surface area contributed by atoms with Crippen molar-refractivity contribution in [3.8, 4) is 5.75 Å². The smallest absolute Gasteiger partial charge is 0.416 e. The van der Waals surface area contributed by atoms with Crippen LogP contribution in [0.4, 0.5) is 23.2 Å². The van der Waals surface area contributed by atoms with Crippen LogP contribution in [0.1, 0.15) is 16.1 Å². The van der Waals surface area contributed by atoms with Crippen molar-refractivity contribution < 1.29 is 27.1 Å². The highest BCUT2D eigenvalue weighted by Crippen LogP contribution is 2.33. The zero-order valence-corrected chi connectivity index (χ0v) is 12.1. The minimum absolute atomic E-state index is 0.168. The molecule has 0 amide bonds. The molecule has 24 heavy (non-hydrogen) atoms. The molecule has 1 saturated heterocycles. The van der Waals surface area contributed by atoms with E-state index in [4.69, 9.17) is 4.74 Å². The van der Waals surface area contributed by atoms with E-state index < -0.39 is 23.7 Å². The van der Waals surface area contributed by atoms with Gasteiger partial charge in [0.25, 0.3) is 0 Å². The number of nitrogens with zero attached hydrogens (tertiary/aromatic N) is 3. The number of hydrogen-bond donors (Lipinski definition) is 0. The van der Waals surface area contributed by atoms with Crippen molar-refractivity contribution in [1.29, 1.82) is 0 Å². The van der Waals surface area contributed by atoms with Crippen LogP contribution in [0.15, 0.2) is 30.5 Å². The first kappa shape index (κ1) is 16.2. The van der Waals surface area contributed by atoms with Gasteiger partial charge < -0.3 is 9.64 Å². The average Bonchev–Trinajstić information content (AvgIpc) is 2.49. The van der Waals surface area contributed by atoms with Gasteiger partial charge in [0.1, 0.15) is 23.4 Å². The summed E-state index contributed by atoms with van der Waals surface area (Å²) in [6, 6.07) is 3.69. The first-order valence-electron chi connectivity index (χ1n) is 6.93. The van der Waals surface area contributed by atoms with E-state index in [-0.39, 0.29) is 11.4 Å². The lowest BCUT2D eigenvalue weighted by Gasteiger charge is -2.40. The molecule has 1 fully saturated rings. The van der Waals surface area contributed by atoms with E-state index in [1.165, 1.54) is 6.20 Å². The minimum Gasteiger partial charge on any atom is -0.487 e. The van der Waals surface area contributed by atoms with E-state index in [1.807, 2.05) is 0 Å². The second kappa shape index (κ2) is 6.06. The largest absolute Gasteiger partial charge is 0.487 e. The fourth-order valence-electron chi connectivity index (χ4n) is 2.38. The van der Waals surface area contributed by atoms with Crippen molar-refractivity contribution in [3.63, 3.8) is 0 Å². The maximum absolute atomic E-state index is 13.3. The predicted octanol–water partition coefficient (Wildman–Crippen LogP) is 2.71. The van der Waals surface area contributed by atoms with Gasteiger partial charge in [-0.2, -0.15) is 18.3 Å². The summed E-state index contributed by atoms with van der Waals surface area (Å²) in [6.45, 7) is 0.675. The molecule has 0 aliphatic carbocycles. The highest BCUT2D eigenvalue weighted by molar-refractivity contribution is 5.81. The fraction of sp³-hybridized carbons (Fsp3) is 0.267. The van der Waals surface area contributed by atoms with Crippen LogP contribution in [0.5, 0.6) is 5.75 Å². The van der Waals surface area contributed by atoms with Crippen LogP contribution in [-0.2, 0) is 6.18 Å². The number of ether oxygens (including phenoxy) is 1. The maximum atomic E-state index is 13.3. The van der Waals surface area contributed by atoms with Crippen molar-refractivity contribution in [2.24, 2.45) is 0 Å². The summed E-state index contributed by atoms with van der Waals surface area (Å²) in [6.07, 6.45) is -3.06. The van der Waals surface area contributed by atoms with Crippen LogP contribution < -0.4 is 9.64 Å². The van der Waals surface area contributed by atoms with Gasteiger partial charge >= 0.3 is 6.18 Å². The molecular weight excluding hydrogens is 330 g/mol. The van der Waals surface area contributed by atoms with E-state index in [1.54, 1.807) is 11.0 Å². The van der Waals surface area contributed by atoms with Crippen molar-refractivity contribution in [1.82, 2.24) is 10.2 Å². The van der Waals surface area contributed by atoms with Gasteiger partial charge in [0.2, 0.25) is 0 Å². The molecule has 0 N–H and O–H groups in total. The maximum Gasteiger partial charge on any atom is 0.416 e. The summed E-state index contributed by atoms with van der Waals surface area (Å²) in [5.74, 6) is -1.20. The second-order valence-electron chi connectivity index (χ2n) is 5.24. The number of aldehydes is 1. The van der Waals surface area contributed by atoms with Gasteiger partial charge in [-0.15, -0.1) is 5.10 Å². The Balaban J connectivity index is 1.68. The number of anilines is 1. The number of halogens is 4. The number of aromatic nitrogens is 2. The first-order chi connectivity index (χ1) is 11.4. The molecule has 2 heterocycles. The second-order valence-corrected chi connectivity index (χ2v) is 5.24. The SMILES string of the molecule is O=Cc1nnccc1N1CC(Oc2cc(F)cc(C(F)(F)F)c2)C1. The van der Waals surface area contributed by atoms with Gasteiger partial charge in [0.15, 0.2) is 6.29 Å². The molecule has 0 spiro atoms. The van der Waals surface area contributed by atoms with Gasteiger partial charge in [-0.1, -0.05) is 0 Å². The van der Waals surface area contributed by atoms with Crippen molar-refractivity contribution >= 4 is 12.0 Å². The fourth-order valence-corrected chi connectivity index (χ4v) is 2.38.